The number of methoxy groups -OCH3 is 1. The fraction of sp³-hybridized carbons (Fsp3) is 0.273. The maximum atomic E-state index is 12.9. The van der Waals surface area contributed by atoms with Crippen molar-refractivity contribution < 1.29 is 17.9 Å². The molecule has 1 heterocycles. The SMILES string of the molecule is COc1ccc(-n2ccnc2S[C@H](C)C(=O)Nc2cc(S(=O)(=O)N(C)C)ccc2C)cc1. The summed E-state index contributed by atoms with van der Waals surface area (Å²) in [7, 11) is 0.951. The van der Waals surface area contributed by atoms with Crippen molar-refractivity contribution in [3.05, 3.63) is 60.4 Å². The monoisotopic (exact) mass is 474 g/mol. The van der Waals surface area contributed by atoms with E-state index in [1.165, 1.54) is 38.0 Å². The highest BCUT2D eigenvalue weighted by molar-refractivity contribution is 8.00. The summed E-state index contributed by atoms with van der Waals surface area (Å²) in [6, 6.07) is 12.2. The molecule has 0 aliphatic rings. The maximum Gasteiger partial charge on any atom is 0.242 e. The molecule has 0 aliphatic heterocycles. The van der Waals surface area contributed by atoms with Crippen molar-refractivity contribution in [2.75, 3.05) is 26.5 Å². The summed E-state index contributed by atoms with van der Waals surface area (Å²) >= 11 is 1.31. The number of thioether (sulfide) groups is 1. The number of amides is 1. The van der Waals surface area contributed by atoms with Gasteiger partial charge in [0.25, 0.3) is 0 Å². The molecule has 0 aliphatic carbocycles. The smallest absolute Gasteiger partial charge is 0.242 e. The molecule has 10 heteroatoms. The third-order valence-electron chi connectivity index (χ3n) is 4.85. The van der Waals surface area contributed by atoms with Crippen LogP contribution in [0, 0.1) is 6.92 Å². The molecule has 1 N–H and O–H groups in total. The van der Waals surface area contributed by atoms with Crippen LogP contribution < -0.4 is 10.1 Å². The lowest BCUT2D eigenvalue weighted by Gasteiger charge is -2.16. The lowest BCUT2D eigenvalue weighted by atomic mass is 10.2. The molecule has 170 valence electrons. The number of carbonyl (C=O) groups excluding carboxylic acids is 1. The highest BCUT2D eigenvalue weighted by Gasteiger charge is 2.21. The Morgan fingerprint density at radius 2 is 1.88 bits per heavy atom. The number of nitrogens with one attached hydrogen (secondary N) is 1. The Kier molecular flexibility index (Phi) is 7.27. The first-order valence-corrected chi connectivity index (χ1v) is 12.1. The Balaban J connectivity index is 1.76. The number of ether oxygens (including phenoxy) is 1. The van der Waals surface area contributed by atoms with Crippen molar-refractivity contribution in [1.29, 1.82) is 0 Å². The predicted octanol–water partition coefficient (Wildman–Crippen LogP) is 3.56. The van der Waals surface area contributed by atoms with E-state index in [4.69, 9.17) is 4.74 Å². The fourth-order valence-electron chi connectivity index (χ4n) is 2.87. The molecule has 1 amide bonds. The molecule has 1 aromatic heterocycles. The molecule has 3 aromatic rings. The van der Waals surface area contributed by atoms with Crippen molar-refractivity contribution in [3.8, 4) is 11.4 Å². The molecule has 0 fully saturated rings. The topological polar surface area (TPSA) is 93.5 Å². The van der Waals surface area contributed by atoms with Crippen molar-refractivity contribution >= 4 is 33.4 Å². The molecule has 2 aromatic carbocycles. The van der Waals surface area contributed by atoms with E-state index < -0.39 is 15.3 Å². The van der Waals surface area contributed by atoms with Gasteiger partial charge in [-0.25, -0.2) is 17.7 Å². The summed E-state index contributed by atoms with van der Waals surface area (Å²) in [5, 5.41) is 3.05. The zero-order chi connectivity index (χ0) is 23.5. The number of hydrogen-bond donors (Lipinski definition) is 1. The number of rotatable bonds is 8. The Labute approximate surface area is 192 Å². The van der Waals surface area contributed by atoms with Gasteiger partial charge in [0.1, 0.15) is 5.75 Å². The maximum absolute atomic E-state index is 12.9. The average molecular weight is 475 g/mol. The van der Waals surface area contributed by atoms with Gasteiger partial charge in [-0.3, -0.25) is 9.36 Å². The van der Waals surface area contributed by atoms with E-state index in [-0.39, 0.29) is 10.8 Å². The van der Waals surface area contributed by atoms with Crippen LogP contribution >= 0.6 is 11.8 Å². The Morgan fingerprint density at radius 1 is 1.19 bits per heavy atom. The number of anilines is 1. The van der Waals surface area contributed by atoms with Gasteiger partial charge in [0, 0.05) is 37.9 Å². The molecule has 0 saturated heterocycles. The first-order valence-electron chi connectivity index (χ1n) is 9.82. The van der Waals surface area contributed by atoms with E-state index in [2.05, 4.69) is 10.3 Å². The number of carbonyl (C=O) groups is 1. The molecular weight excluding hydrogens is 448 g/mol. The molecule has 3 rings (SSSR count). The van der Waals surface area contributed by atoms with Crippen LogP contribution in [0.25, 0.3) is 5.69 Å². The van der Waals surface area contributed by atoms with Gasteiger partial charge in [-0.1, -0.05) is 17.8 Å². The number of aromatic nitrogens is 2. The molecule has 32 heavy (non-hydrogen) atoms. The van der Waals surface area contributed by atoms with Crippen molar-refractivity contribution in [1.82, 2.24) is 13.9 Å². The van der Waals surface area contributed by atoms with Gasteiger partial charge < -0.3 is 10.1 Å². The van der Waals surface area contributed by atoms with Crippen LogP contribution in [-0.2, 0) is 14.8 Å². The molecule has 0 spiro atoms. The first kappa shape index (κ1) is 23.8. The molecular formula is C22H26N4O4S2. The van der Waals surface area contributed by atoms with Gasteiger partial charge in [-0.05, 0) is 55.8 Å². The van der Waals surface area contributed by atoms with Gasteiger partial charge >= 0.3 is 0 Å². The van der Waals surface area contributed by atoms with Gasteiger partial charge in [0.2, 0.25) is 15.9 Å². The minimum atomic E-state index is -3.60. The summed E-state index contributed by atoms with van der Waals surface area (Å²) in [6.45, 7) is 3.60. The Hall–Kier alpha value is -2.82. The second kappa shape index (κ2) is 9.76. The number of imidazole rings is 1. The number of nitrogens with zero attached hydrogens (tertiary/aromatic N) is 3. The number of sulfonamides is 1. The molecule has 0 unspecified atom stereocenters. The van der Waals surface area contributed by atoms with Gasteiger partial charge in [0.05, 0.1) is 17.3 Å². The van der Waals surface area contributed by atoms with Crippen LogP contribution in [0.4, 0.5) is 5.69 Å². The summed E-state index contributed by atoms with van der Waals surface area (Å²) in [5.41, 5.74) is 2.13. The zero-order valence-corrected chi connectivity index (χ0v) is 20.2. The van der Waals surface area contributed by atoms with Crippen molar-refractivity contribution in [2.45, 2.75) is 29.1 Å². The molecule has 0 radical (unpaired) electrons. The second-order valence-electron chi connectivity index (χ2n) is 7.29. The first-order chi connectivity index (χ1) is 15.1. The Bertz CT molecular complexity index is 1200. The highest BCUT2D eigenvalue weighted by atomic mass is 32.2. The second-order valence-corrected chi connectivity index (χ2v) is 10.8. The van der Waals surface area contributed by atoms with Crippen molar-refractivity contribution in [3.63, 3.8) is 0 Å². The lowest BCUT2D eigenvalue weighted by molar-refractivity contribution is -0.115. The van der Waals surface area contributed by atoms with Crippen LogP contribution in [0.15, 0.2) is 64.9 Å². The number of benzene rings is 2. The number of hydrogen-bond acceptors (Lipinski definition) is 6. The molecule has 1 atom stereocenters. The van der Waals surface area contributed by atoms with Crippen LogP contribution in [0.5, 0.6) is 5.75 Å². The highest BCUT2D eigenvalue weighted by Crippen LogP contribution is 2.27. The van der Waals surface area contributed by atoms with Crippen LogP contribution in [0.2, 0.25) is 0 Å². The molecule has 0 saturated carbocycles. The third kappa shape index (κ3) is 5.14. The molecule has 0 bridgehead atoms. The van der Waals surface area contributed by atoms with Gasteiger partial charge in [-0.15, -0.1) is 0 Å². The minimum absolute atomic E-state index is 0.124. The van der Waals surface area contributed by atoms with E-state index in [0.717, 1.165) is 21.3 Å². The van der Waals surface area contributed by atoms with E-state index >= 15 is 0 Å². The van der Waals surface area contributed by atoms with Crippen LogP contribution in [0.1, 0.15) is 12.5 Å². The largest absolute Gasteiger partial charge is 0.497 e. The fourth-order valence-corrected chi connectivity index (χ4v) is 4.68. The lowest BCUT2D eigenvalue weighted by Crippen LogP contribution is -2.25. The Morgan fingerprint density at radius 3 is 2.50 bits per heavy atom. The van der Waals surface area contributed by atoms with Crippen molar-refractivity contribution in [2.24, 2.45) is 0 Å². The minimum Gasteiger partial charge on any atom is -0.497 e. The average Bonchev–Trinajstić information content (AvgIpc) is 3.23. The quantitative estimate of drug-likeness (QED) is 0.502. The summed E-state index contributed by atoms with van der Waals surface area (Å²) in [6.07, 6.45) is 3.51. The van der Waals surface area contributed by atoms with E-state index in [9.17, 15) is 13.2 Å². The van der Waals surface area contributed by atoms with Crippen LogP contribution in [0.3, 0.4) is 0 Å². The summed E-state index contributed by atoms with van der Waals surface area (Å²) in [4.78, 5) is 17.4. The van der Waals surface area contributed by atoms with Gasteiger partial charge in [0.15, 0.2) is 5.16 Å². The number of aryl methyl sites for hydroxylation is 1. The van der Waals surface area contributed by atoms with E-state index in [1.807, 2.05) is 42.0 Å². The van der Waals surface area contributed by atoms with E-state index in [0.29, 0.717) is 10.8 Å². The van der Waals surface area contributed by atoms with Crippen LogP contribution in [-0.4, -0.2) is 54.6 Å². The third-order valence-corrected chi connectivity index (χ3v) is 7.75. The predicted molar refractivity (Wildman–Crippen MR) is 126 cm³/mol. The normalized spacial score (nSPS) is 12.6. The van der Waals surface area contributed by atoms with E-state index in [1.54, 1.807) is 26.3 Å². The zero-order valence-electron chi connectivity index (χ0n) is 18.6. The molecule has 8 nitrogen and oxygen atoms in total. The summed E-state index contributed by atoms with van der Waals surface area (Å²) < 4.78 is 33.1. The van der Waals surface area contributed by atoms with Gasteiger partial charge in [-0.2, -0.15) is 0 Å². The summed E-state index contributed by atoms with van der Waals surface area (Å²) in [5.74, 6) is 0.506. The standard InChI is InChI=1S/C22H26N4O4S2/c1-15-6-11-19(32(28,29)25(3)4)14-20(15)24-21(27)16(2)31-22-23-12-13-26(22)17-7-9-18(30-5)10-8-17/h6-14,16H,1-5H3,(H,24,27)/t16-/m1/s1.